The topological polar surface area (TPSA) is 48.5 Å². The van der Waals surface area contributed by atoms with Crippen LogP contribution in [0.1, 0.15) is 22.7 Å². The lowest BCUT2D eigenvalue weighted by atomic mass is 10.1. The molecule has 0 radical (unpaired) electrons. The maximum atomic E-state index is 12.6. The van der Waals surface area contributed by atoms with Crippen LogP contribution in [0.5, 0.6) is 0 Å². The molecule has 5 nitrogen and oxygen atoms in total. The van der Waals surface area contributed by atoms with Gasteiger partial charge in [-0.25, -0.2) is 4.79 Å². The van der Waals surface area contributed by atoms with E-state index in [1.54, 1.807) is 0 Å². The van der Waals surface area contributed by atoms with Crippen LogP contribution in [0, 0.1) is 5.92 Å². The molecule has 3 aliphatic rings. The highest BCUT2D eigenvalue weighted by atomic mass is 16.2. The first-order valence-electron chi connectivity index (χ1n) is 9.55. The first-order chi connectivity index (χ1) is 12.8. The highest BCUT2D eigenvalue weighted by Gasteiger charge is 2.56. The summed E-state index contributed by atoms with van der Waals surface area (Å²) in [5.74, 6) is 1.15. The predicted molar refractivity (Wildman–Crippen MR) is 99.8 cm³/mol. The van der Waals surface area contributed by atoms with Crippen LogP contribution < -0.4 is 5.32 Å². The molecular formula is C21H24N4O. The van der Waals surface area contributed by atoms with Crippen LogP contribution in [-0.2, 0) is 13.0 Å². The van der Waals surface area contributed by atoms with Gasteiger partial charge in [-0.3, -0.25) is 9.88 Å². The van der Waals surface area contributed by atoms with Crippen LogP contribution in [0.4, 0.5) is 4.79 Å². The van der Waals surface area contributed by atoms with Crippen molar-refractivity contribution in [3.63, 3.8) is 0 Å². The Morgan fingerprint density at radius 2 is 1.88 bits per heavy atom. The van der Waals surface area contributed by atoms with Crippen molar-refractivity contribution < 1.29 is 4.79 Å². The van der Waals surface area contributed by atoms with E-state index in [-0.39, 0.29) is 6.03 Å². The van der Waals surface area contributed by atoms with E-state index in [1.807, 2.05) is 23.2 Å². The zero-order chi connectivity index (χ0) is 17.5. The molecule has 2 aliphatic carbocycles. The van der Waals surface area contributed by atoms with E-state index < -0.39 is 0 Å². The number of rotatable bonds is 3. The highest BCUT2D eigenvalue weighted by molar-refractivity contribution is 5.75. The van der Waals surface area contributed by atoms with Crippen molar-refractivity contribution in [2.45, 2.75) is 24.9 Å². The molecule has 1 saturated heterocycles. The number of hydrogen-bond acceptors (Lipinski definition) is 3. The molecular weight excluding hydrogens is 324 g/mol. The van der Waals surface area contributed by atoms with E-state index in [0.29, 0.717) is 17.9 Å². The Hall–Kier alpha value is -2.40. The molecule has 1 aromatic heterocycles. The van der Waals surface area contributed by atoms with Crippen molar-refractivity contribution in [3.8, 4) is 0 Å². The van der Waals surface area contributed by atoms with E-state index in [0.717, 1.165) is 44.8 Å². The quantitative estimate of drug-likeness (QED) is 0.925. The summed E-state index contributed by atoms with van der Waals surface area (Å²) >= 11 is 0. The zero-order valence-corrected chi connectivity index (χ0v) is 14.8. The van der Waals surface area contributed by atoms with Gasteiger partial charge in [-0.15, -0.1) is 0 Å². The number of amides is 2. The van der Waals surface area contributed by atoms with Crippen LogP contribution in [-0.4, -0.2) is 53.0 Å². The van der Waals surface area contributed by atoms with Crippen LogP contribution in [0.25, 0.3) is 0 Å². The number of fused-ring (bicyclic) bond motifs is 3. The van der Waals surface area contributed by atoms with Crippen molar-refractivity contribution in [3.05, 3.63) is 65.5 Å². The van der Waals surface area contributed by atoms with E-state index in [1.165, 1.54) is 11.1 Å². The van der Waals surface area contributed by atoms with Gasteiger partial charge in [-0.05, 0) is 35.6 Å². The monoisotopic (exact) mass is 348 g/mol. The maximum Gasteiger partial charge on any atom is 0.317 e. The maximum absolute atomic E-state index is 12.6. The zero-order valence-electron chi connectivity index (χ0n) is 14.8. The first kappa shape index (κ1) is 15.8. The third kappa shape index (κ3) is 2.86. The van der Waals surface area contributed by atoms with Crippen molar-refractivity contribution >= 4 is 6.03 Å². The van der Waals surface area contributed by atoms with Crippen molar-refractivity contribution in [2.75, 3.05) is 26.2 Å². The predicted octanol–water partition coefficient (Wildman–Crippen LogP) is 2.25. The van der Waals surface area contributed by atoms with Gasteiger partial charge in [0.2, 0.25) is 0 Å². The smallest absolute Gasteiger partial charge is 0.317 e. The summed E-state index contributed by atoms with van der Waals surface area (Å²) in [5.41, 5.74) is 4.01. The fraction of sp³-hybridized carbons (Fsp3) is 0.429. The summed E-state index contributed by atoms with van der Waals surface area (Å²) in [6.07, 6.45) is 2.95. The van der Waals surface area contributed by atoms with Gasteiger partial charge in [0.1, 0.15) is 0 Å². The van der Waals surface area contributed by atoms with Crippen molar-refractivity contribution in [1.29, 1.82) is 0 Å². The van der Waals surface area contributed by atoms with Crippen LogP contribution >= 0.6 is 0 Å². The number of urea groups is 1. The summed E-state index contributed by atoms with van der Waals surface area (Å²) in [6.45, 7) is 4.25. The van der Waals surface area contributed by atoms with Gasteiger partial charge >= 0.3 is 6.03 Å². The van der Waals surface area contributed by atoms with E-state index >= 15 is 0 Å². The van der Waals surface area contributed by atoms with Gasteiger partial charge in [0.15, 0.2) is 0 Å². The molecule has 0 spiro atoms. The lowest BCUT2D eigenvalue weighted by molar-refractivity contribution is 0.134. The number of hydrogen-bond donors (Lipinski definition) is 1. The van der Waals surface area contributed by atoms with Crippen LogP contribution in [0.2, 0.25) is 0 Å². The molecule has 1 saturated carbocycles. The largest absolute Gasteiger partial charge is 0.334 e. The van der Waals surface area contributed by atoms with Crippen molar-refractivity contribution in [1.82, 2.24) is 20.1 Å². The average molecular weight is 348 g/mol. The summed E-state index contributed by atoms with van der Waals surface area (Å²) < 4.78 is 0. The summed E-state index contributed by atoms with van der Waals surface area (Å²) in [4.78, 5) is 21.4. The summed E-state index contributed by atoms with van der Waals surface area (Å²) in [6, 6.07) is 15.1. The van der Waals surface area contributed by atoms with Gasteiger partial charge in [0.25, 0.3) is 0 Å². The average Bonchev–Trinajstić information content (AvgIpc) is 3.19. The number of nitrogens with one attached hydrogen (secondary N) is 1. The molecule has 1 aliphatic heterocycles. The minimum atomic E-state index is 0.111. The first-order valence-corrected chi connectivity index (χ1v) is 9.55. The molecule has 5 heteroatoms. The Balaban J connectivity index is 1.12. The number of carbonyl (C=O) groups is 1. The molecule has 1 aromatic carbocycles. The Bertz CT molecular complexity index is 801. The van der Waals surface area contributed by atoms with Crippen LogP contribution in [0.3, 0.4) is 0 Å². The Morgan fingerprint density at radius 3 is 2.69 bits per heavy atom. The molecule has 5 rings (SSSR count). The number of pyridine rings is 1. The van der Waals surface area contributed by atoms with E-state index in [2.05, 4.69) is 45.5 Å². The van der Waals surface area contributed by atoms with Gasteiger partial charge in [-0.2, -0.15) is 0 Å². The number of benzene rings is 1. The third-order valence-electron chi connectivity index (χ3n) is 6.10. The molecule has 2 heterocycles. The fourth-order valence-corrected chi connectivity index (χ4v) is 4.61. The van der Waals surface area contributed by atoms with Gasteiger partial charge in [-0.1, -0.05) is 30.3 Å². The summed E-state index contributed by atoms with van der Waals surface area (Å²) in [7, 11) is 0. The normalized spacial score (nSPS) is 26.9. The molecule has 2 aromatic rings. The third-order valence-corrected chi connectivity index (χ3v) is 6.10. The van der Waals surface area contributed by atoms with E-state index in [4.69, 9.17) is 0 Å². The second kappa shape index (κ2) is 6.40. The number of piperazine rings is 1. The highest BCUT2D eigenvalue weighted by Crippen LogP contribution is 2.56. The van der Waals surface area contributed by atoms with Gasteiger partial charge in [0.05, 0.1) is 5.69 Å². The van der Waals surface area contributed by atoms with Gasteiger partial charge < -0.3 is 10.2 Å². The van der Waals surface area contributed by atoms with Crippen molar-refractivity contribution in [2.24, 2.45) is 5.92 Å². The fourth-order valence-electron chi connectivity index (χ4n) is 4.61. The Kier molecular flexibility index (Phi) is 3.89. The SMILES string of the molecule is O=C(N[C@@H]1[C@H]2Cc3ccccc3[C@@H]21)N1CCN(Cc2ccccn2)CC1. The molecule has 0 unspecified atom stereocenters. The molecule has 0 bridgehead atoms. The number of carbonyl (C=O) groups excluding carboxylic acids is 1. The molecule has 3 atom stereocenters. The minimum Gasteiger partial charge on any atom is -0.334 e. The van der Waals surface area contributed by atoms with E-state index in [9.17, 15) is 4.79 Å². The minimum absolute atomic E-state index is 0.111. The summed E-state index contributed by atoms with van der Waals surface area (Å²) in [5, 5.41) is 3.29. The second-order valence-electron chi connectivity index (χ2n) is 7.65. The number of aromatic nitrogens is 1. The lowest BCUT2D eigenvalue weighted by Crippen LogP contribution is -2.52. The molecule has 26 heavy (non-hydrogen) atoms. The molecule has 1 N–H and O–H groups in total. The standard InChI is InChI=1S/C21H24N4O/c26-21(23-20-18-13-15-5-1-2-7-17(15)19(18)20)25-11-9-24(10-12-25)14-16-6-3-4-8-22-16/h1-8,18-20H,9-14H2,(H,23,26)/t18-,19-,20+/m0/s1. The van der Waals surface area contributed by atoms with Crippen LogP contribution in [0.15, 0.2) is 48.7 Å². The molecule has 2 amide bonds. The Labute approximate surface area is 154 Å². The lowest BCUT2D eigenvalue weighted by Gasteiger charge is -2.34. The Morgan fingerprint density at radius 1 is 1.08 bits per heavy atom. The molecule has 2 fully saturated rings. The second-order valence-corrected chi connectivity index (χ2v) is 7.65. The van der Waals surface area contributed by atoms with Gasteiger partial charge in [0, 0.05) is 50.9 Å². The molecule has 134 valence electrons. The number of nitrogens with zero attached hydrogens (tertiary/aromatic N) is 3.